The van der Waals surface area contributed by atoms with Crippen LogP contribution >= 0.6 is 0 Å². The lowest BCUT2D eigenvalue weighted by atomic mass is 10.5. The van der Waals surface area contributed by atoms with Crippen LogP contribution in [-0.2, 0) is 9.16 Å². The van der Waals surface area contributed by atoms with Gasteiger partial charge in [-0.1, -0.05) is 13.3 Å². The minimum atomic E-state index is -1.44. The molecule has 0 saturated carbocycles. The van der Waals surface area contributed by atoms with Crippen LogP contribution < -0.4 is 0 Å². The first-order chi connectivity index (χ1) is 6.12. The second-order valence-electron chi connectivity index (χ2n) is 3.61. The highest BCUT2D eigenvalue weighted by atomic mass is 28.4. The Morgan fingerprint density at radius 1 is 1.15 bits per heavy atom. The molecule has 0 aromatic carbocycles. The quantitative estimate of drug-likeness (QED) is 0.446. The van der Waals surface area contributed by atoms with Gasteiger partial charge >= 0.3 is 0 Å². The van der Waals surface area contributed by atoms with Crippen LogP contribution in [-0.4, -0.2) is 28.1 Å². The third-order valence-corrected chi connectivity index (χ3v) is 4.15. The second-order valence-corrected chi connectivity index (χ2v) is 7.52. The van der Waals surface area contributed by atoms with Crippen LogP contribution in [0.15, 0.2) is 0 Å². The molecule has 2 nitrogen and oxygen atoms in total. The van der Waals surface area contributed by atoms with E-state index in [4.69, 9.17) is 9.16 Å². The van der Waals surface area contributed by atoms with Crippen molar-refractivity contribution in [1.29, 1.82) is 0 Å². The topological polar surface area (TPSA) is 18.5 Å². The standard InChI is InChI=1S/C10H23O2Si/c1-5-10-13(3,4)12-9-7-8-11-6-2/h10H,5-9H2,1-4H3. The third kappa shape index (κ3) is 8.47. The molecule has 0 amide bonds. The smallest absolute Gasteiger partial charge is 0.189 e. The van der Waals surface area contributed by atoms with Gasteiger partial charge in [-0.05, 0) is 32.5 Å². The number of hydrogen-bond acceptors (Lipinski definition) is 2. The summed E-state index contributed by atoms with van der Waals surface area (Å²) in [6, 6.07) is 2.33. The van der Waals surface area contributed by atoms with Crippen LogP contribution in [0.5, 0.6) is 0 Å². The van der Waals surface area contributed by atoms with Gasteiger partial charge < -0.3 is 9.16 Å². The van der Waals surface area contributed by atoms with Crippen LogP contribution in [0.4, 0.5) is 0 Å². The van der Waals surface area contributed by atoms with Gasteiger partial charge in [0.2, 0.25) is 0 Å². The SMILES string of the molecule is CC[CH][Si](C)(C)OCCCOCC. The maximum Gasteiger partial charge on any atom is 0.189 e. The van der Waals surface area contributed by atoms with E-state index in [2.05, 4.69) is 26.1 Å². The van der Waals surface area contributed by atoms with Crippen LogP contribution in [0.25, 0.3) is 0 Å². The molecule has 79 valence electrons. The van der Waals surface area contributed by atoms with Crippen LogP contribution in [0, 0.1) is 6.04 Å². The molecule has 1 radical (unpaired) electrons. The van der Waals surface area contributed by atoms with Gasteiger partial charge in [-0.15, -0.1) is 0 Å². The molecule has 0 heterocycles. The average molecular weight is 203 g/mol. The average Bonchev–Trinajstić information content (AvgIpc) is 2.04. The summed E-state index contributed by atoms with van der Waals surface area (Å²) in [7, 11) is -1.44. The Morgan fingerprint density at radius 3 is 2.38 bits per heavy atom. The van der Waals surface area contributed by atoms with Crippen molar-refractivity contribution in [2.24, 2.45) is 0 Å². The molecule has 0 aliphatic heterocycles. The van der Waals surface area contributed by atoms with Gasteiger partial charge in [0.25, 0.3) is 0 Å². The summed E-state index contributed by atoms with van der Waals surface area (Å²) in [6.07, 6.45) is 2.13. The maximum atomic E-state index is 5.82. The summed E-state index contributed by atoms with van der Waals surface area (Å²) < 4.78 is 11.1. The number of rotatable bonds is 8. The normalized spacial score (nSPS) is 12.0. The summed E-state index contributed by atoms with van der Waals surface area (Å²) >= 11 is 0. The molecule has 0 unspecified atom stereocenters. The molecule has 13 heavy (non-hydrogen) atoms. The van der Waals surface area contributed by atoms with Crippen molar-refractivity contribution >= 4 is 8.32 Å². The van der Waals surface area contributed by atoms with E-state index in [1.54, 1.807) is 0 Å². The predicted octanol–water partition coefficient (Wildman–Crippen LogP) is 2.79. The Bertz CT molecular complexity index is 115. The van der Waals surface area contributed by atoms with Gasteiger partial charge in [-0.2, -0.15) is 0 Å². The van der Waals surface area contributed by atoms with Crippen molar-refractivity contribution in [3.63, 3.8) is 0 Å². The summed E-state index contributed by atoms with van der Waals surface area (Å²) in [4.78, 5) is 0. The number of hydrogen-bond donors (Lipinski definition) is 0. The van der Waals surface area contributed by atoms with Gasteiger partial charge in [0.15, 0.2) is 8.32 Å². The van der Waals surface area contributed by atoms with E-state index in [9.17, 15) is 0 Å². The minimum absolute atomic E-state index is 0.807. The number of ether oxygens (including phenoxy) is 1. The van der Waals surface area contributed by atoms with E-state index in [1.807, 2.05) is 6.92 Å². The van der Waals surface area contributed by atoms with E-state index >= 15 is 0 Å². The highest BCUT2D eigenvalue weighted by Gasteiger charge is 2.20. The molecule has 0 atom stereocenters. The lowest BCUT2D eigenvalue weighted by Crippen LogP contribution is -2.32. The van der Waals surface area contributed by atoms with Crippen LogP contribution in [0.1, 0.15) is 26.7 Å². The maximum absolute atomic E-state index is 5.82. The summed E-state index contributed by atoms with van der Waals surface area (Å²) in [6.45, 7) is 11.1. The molecule has 0 aromatic rings. The largest absolute Gasteiger partial charge is 0.417 e. The molecule has 0 bridgehead atoms. The minimum Gasteiger partial charge on any atom is -0.417 e. The molecular formula is C10H23O2Si. The first-order valence-electron chi connectivity index (χ1n) is 5.18. The fourth-order valence-electron chi connectivity index (χ4n) is 1.19. The zero-order chi connectivity index (χ0) is 10.2. The Balaban J connectivity index is 3.29. The Morgan fingerprint density at radius 2 is 1.85 bits per heavy atom. The first-order valence-corrected chi connectivity index (χ1v) is 8.17. The van der Waals surface area contributed by atoms with E-state index in [0.29, 0.717) is 0 Å². The third-order valence-electron chi connectivity index (χ3n) is 1.81. The second kappa shape index (κ2) is 7.53. The molecule has 0 spiro atoms. The molecule has 0 rings (SSSR count). The molecule has 0 N–H and O–H groups in total. The molecule has 0 aliphatic rings. The van der Waals surface area contributed by atoms with Gasteiger partial charge in [-0.25, -0.2) is 0 Å². The van der Waals surface area contributed by atoms with E-state index in [0.717, 1.165) is 32.7 Å². The fraction of sp³-hybridized carbons (Fsp3) is 0.900. The van der Waals surface area contributed by atoms with Gasteiger partial charge in [0, 0.05) is 19.8 Å². The molecular weight excluding hydrogens is 180 g/mol. The Labute approximate surface area is 83.8 Å². The monoisotopic (exact) mass is 203 g/mol. The summed E-state index contributed by atoms with van der Waals surface area (Å²) in [5, 5.41) is 0. The van der Waals surface area contributed by atoms with Crippen molar-refractivity contribution in [2.45, 2.75) is 39.8 Å². The molecule has 3 heteroatoms. The van der Waals surface area contributed by atoms with Crippen molar-refractivity contribution < 1.29 is 9.16 Å². The fourth-order valence-corrected chi connectivity index (χ4v) is 2.96. The van der Waals surface area contributed by atoms with E-state index in [-0.39, 0.29) is 0 Å². The van der Waals surface area contributed by atoms with E-state index in [1.165, 1.54) is 0 Å². The van der Waals surface area contributed by atoms with Gasteiger partial charge in [0.05, 0.1) is 0 Å². The zero-order valence-electron chi connectivity index (χ0n) is 9.43. The zero-order valence-corrected chi connectivity index (χ0v) is 10.4. The Kier molecular flexibility index (Phi) is 7.61. The Hall–Kier alpha value is 0.137. The summed E-state index contributed by atoms with van der Waals surface area (Å²) in [5.74, 6) is 0. The van der Waals surface area contributed by atoms with Crippen LogP contribution in [0.2, 0.25) is 13.1 Å². The highest BCUT2D eigenvalue weighted by molar-refractivity contribution is 6.74. The predicted molar refractivity (Wildman–Crippen MR) is 59.1 cm³/mol. The highest BCUT2D eigenvalue weighted by Crippen LogP contribution is 2.10. The molecule has 0 aliphatic carbocycles. The van der Waals surface area contributed by atoms with Crippen molar-refractivity contribution in [1.82, 2.24) is 0 Å². The van der Waals surface area contributed by atoms with Crippen molar-refractivity contribution in [2.75, 3.05) is 19.8 Å². The molecule has 0 aromatic heterocycles. The van der Waals surface area contributed by atoms with E-state index < -0.39 is 8.32 Å². The first kappa shape index (κ1) is 13.1. The van der Waals surface area contributed by atoms with Gasteiger partial charge in [0.1, 0.15) is 0 Å². The molecule has 0 fully saturated rings. The lowest BCUT2D eigenvalue weighted by molar-refractivity contribution is 0.130. The van der Waals surface area contributed by atoms with Crippen molar-refractivity contribution in [3.05, 3.63) is 6.04 Å². The summed E-state index contributed by atoms with van der Waals surface area (Å²) in [5.41, 5.74) is 0. The lowest BCUT2D eigenvalue weighted by Gasteiger charge is -2.21. The van der Waals surface area contributed by atoms with Crippen LogP contribution in [0.3, 0.4) is 0 Å². The molecule has 0 saturated heterocycles. The van der Waals surface area contributed by atoms with Crippen molar-refractivity contribution in [3.8, 4) is 0 Å². The van der Waals surface area contributed by atoms with Gasteiger partial charge in [-0.3, -0.25) is 0 Å².